The van der Waals surface area contributed by atoms with E-state index < -0.39 is 0 Å². The van der Waals surface area contributed by atoms with Crippen molar-refractivity contribution < 1.29 is 46.5 Å². The average Bonchev–Trinajstić information content (AvgIpc) is 3.00. The topological polar surface area (TPSA) is 23.8 Å². The van der Waals surface area contributed by atoms with Crippen molar-refractivity contribution in [3.05, 3.63) is 106 Å². The quantitative estimate of drug-likeness (QED) is 0.373. The van der Waals surface area contributed by atoms with E-state index in [1.54, 1.807) is 0 Å². The molecule has 0 bridgehead atoms. The molecule has 0 amide bonds. The van der Waals surface area contributed by atoms with Crippen molar-refractivity contribution in [1.29, 1.82) is 0 Å². The van der Waals surface area contributed by atoms with Gasteiger partial charge in [0.15, 0.2) is 0 Å². The number of hydrogen-bond donors (Lipinski definition) is 0. The Labute approximate surface area is 214 Å². The Morgan fingerprint density at radius 3 is 1.97 bits per heavy atom. The number of nitrogens with one attached hydrogen (secondary N) is 1. The Morgan fingerprint density at radius 2 is 1.42 bits per heavy atom. The summed E-state index contributed by atoms with van der Waals surface area (Å²) < 4.78 is 0. The molecule has 3 aromatic carbocycles. The van der Waals surface area contributed by atoms with Crippen molar-refractivity contribution >= 4 is 22.0 Å². The van der Waals surface area contributed by atoms with Crippen LogP contribution in [0.4, 0.5) is 5.69 Å². The number of allylic oxidation sites excluding steroid dienone is 4. The third kappa shape index (κ3) is 6.43. The van der Waals surface area contributed by atoms with Crippen LogP contribution in [-0.2, 0) is 21.7 Å². The summed E-state index contributed by atoms with van der Waals surface area (Å²) in [6, 6.07) is 17.0. The fourth-order valence-electron chi connectivity index (χ4n) is 3.91. The van der Waals surface area contributed by atoms with Crippen molar-refractivity contribution in [3.63, 3.8) is 0 Å². The first-order valence-corrected chi connectivity index (χ1v) is 9.80. The van der Waals surface area contributed by atoms with Gasteiger partial charge in [-0.1, -0.05) is 81.3 Å². The SMILES string of the molecule is Cc1cc(C)c([NH-])c(C)c1.[CH2-]c1c(C2=C(C)C(C)=CC2)ccc2ccccc12.[Cl-].[Cl-].[Ti+2]. The number of rotatable bonds is 1. The van der Waals surface area contributed by atoms with E-state index in [0.29, 0.717) is 5.69 Å². The van der Waals surface area contributed by atoms with E-state index in [0.717, 1.165) is 23.1 Å². The Balaban J connectivity index is 0.000000604. The zero-order chi connectivity index (χ0) is 20.4. The molecule has 3 aromatic rings. The van der Waals surface area contributed by atoms with Crippen LogP contribution in [0.1, 0.15) is 48.1 Å². The fourth-order valence-corrected chi connectivity index (χ4v) is 3.91. The maximum Gasteiger partial charge on any atom is 2.00 e. The van der Waals surface area contributed by atoms with Crippen LogP contribution in [0.5, 0.6) is 0 Å². The Kier molecular flexibility index (Phi) is 11.8. The Bertz CT molecular complexity index is 1090. The van der Waals surface area contributed by atoms with Gasteiger partial charge in [-0.25, -0.2) is 0 Å². The third-order valence-corrected chi connectivity index (χ3v) is 5.70. The zero-order valence-electron chi connectivity index (χ0n) is 18.9. The minimum atomic E-state index is 0. The predicted octanol–water partition coefficient (Wildman–Crippen LogP) is 2.45. The van der Waals surface area contributed by atoms with E-state index in [2.05, 4.69) is 70.2 Å². The van der Waals surface area contributed by atoms with E-state index in [-0.39, 0.29) is 46.5 Å². The molecule has 4 rings (SSSR count). The minimum absolute atomic E-state index is 0. The van der Waals surface area contributed by atoms with E-state index in [1.807, 2.05) is 26.0 Å². The average molecular weight is 486 g/mol. The van der Waals surface area contributed by atoms with Gasteiger partial charge >= 0.3 is 21.7 Å². The van der Waals surface area contributed by atoms with Crippen LogP contribution < -0.4 is 24.8 Å². The van der Waals surface area contributed by atoms with Crippen molar-refractivity contribution in [3.8, 4) is 0 Å². The molecule has 1 aliphatic carbocycles. The van der Waals surface area contributed by atoms with Crippen LogP contribution in [-0.4, -0.2) is 0 Å². The second kappa shape index (κ2) is 12.4. The van der Waals surface area contributed by atoms with Gasteiger partial charge in [-0.15, -0.1) is 28.8 Å². The monoisotopic (exact) mass is 485 g/mol. The molecule has 0 saturated heterocycles. The summed E-state index contributed by atoms with van der Waals surface area (Å²) in [6.45, 7) is 14.7. The first-order valence-electron chi connectivity index (χ1n) is 9.80. The minimum Gasteiger partial charge on any atom is -1.00 e. The molecular weight excluding hydrogens is 457 g/mol. The molecule has 0 heterocycles. The van der Waals surface area contributed by atoms with Gasteiger partial charge < -0.3 is 30.5 Å². The predicted molar refractivity (Wildman–Crippen MR) is 124 cm³/mol. The maximum atomic E-state index is 7.54. The zero-order valence-corrected chi connectivity index (χ0v) is 21.9. The second-order valence-corrected chi connectivity index (χ2v) is 7.78. The van der Waals surface area contributed by atoms with Gasteiger partial charge in [0.25, 0.3) is 0 Å². The standard InChI is InChI=1S/C18H17.C9H12N.2ClH.Ti/c1-12-8-10-17(13(12)2)18-11-9-15-6-4-5-7-16(15)14(18)3;1-6-4-7(2)9(10)8(3)5-6;;;/h4-9,11H,3,10H2,1-2H3;4-5,10H,1-3H3;2*1H;/q2*-1;;;+2/p-2. The molecule has 0 aliphatic heterocycles. The number of aryl methyl sites for hydroxylation is 3. The summed E-state index contributed by atoms with van der Waals surface area (Å²) in [5.41, 5.74) is 18.3. The number of benzene rings is 3. The first kappa shape index (κ1) is 29.4. The number of fused-ring (bicyclic) bond motifs is 1. The molecule has 31 heavy (non-hydrogen) atoms. The van der Waals surface area contributed by atoms with Crippen LogP contribution in [0.15, 0.2) is 65.8 Å². The second-order valence-electron chi connectivity index (χ2n) is 7.78. The summed E-state index contributed by atoms with van der Waals surface area (Å²) >= 11 is 0. The van der Waals surface area contributed by atoms with Gasteiger partial charge in [0.05, 0.1) is 0 Å². The summed E-state index contributed by atoms with van der Waals surface area (Å²) in [4.78, 5) is 0. The van der Waals surface area contributed by atoms with Gasteiger partial charge in [0.2, 0.25) is 0 Å². The Morgan fingerprint density at radius 1 is 0.839 bits per heavy atom. The molecule has 1 N–H and O–H groups in total. The molecule has 1 aliphatic rings. The molecule has 0 fully saturated rings. The van der Waals surface area contributed by atoms with Gasteiger partial charge in [0.1, 0.15) is 0 Å². The van der Waals surface area contributed by atoms with E-state index in [4.69, 9.17) is 5.73 Å². The van der Waals surface area contributed by atoms with Crippen LogP contribution >= 0.6 is 0 Å². The molecule has 0 aromatic heterocycles. The summed E-state index contributed by atoms with van der Waals surface area (Å²) in [5.74, 6) is 0. The van der Waals surface area contributed by atoms with E-state index in [9.17, 15) is 0 Å². The molecule has 4 heteroatoms. The summed E-state index contributed by atoms with van der Waals surface area (Å²) in [5, 5.41) is 2.53. The van der Waals surface area contributed by atoms with E-state index >= 15 is 0 Å². The number of hydrogen-bond acceptors (Lipinski definition) is 0. The summed E-state index contributed by atoms with van der Waals surface area (Å²) in [6.07, 6.45) is 3.35. The van der Waals surface area contributed by atoms with Gasteiger partial charge in [-0.3, -0.25) is 0 Å². The van der Waals surface area contributed by atoms with Crippen LogP contribution in [0.2, 0.25) is 0 Å². The molecule has 162 valence electrons. The van der Waals surface area contributed by atoms with E-state index in [1.165, 1.54) is 38.6 Å². The maximum absolute atomic E-state index is 7.54. The smallest absolute Gasteiger partial charge is 1.00 e. The van der Waals surface area contributed by atoms with Gasteiger partial charge in [-0.2, -0.15) is 12.5 Å². The van der Waals surface area contributed by atoms with Crippen LogP contribution in [0.25, 0.3) is 22.1 Å². The largest absolute Gasteiger partial charge is 2.00 e. The molecule has 0 atom stereocenters. The molecule has 0 radical (unpaired) electrons. The van der Waals surface area contributed by atoms with Crippen LogP contribution in [0, 0.1) is 27.7 Å². The first-order chi connectivity index (χ1) is 13.3. The summed E-state index contributed by atoms with van der Waals surface area (Å²) in [7, 11) is 0. The third-order valence-electron chi connectivity index (χ3n) is 5.70. The van der Waals surface area contributed by atoms with Crippen molar-refractivity contribution in [2.24, 2.45) is 0 Å². The molecule has 0 unspecified atom stereocenters. The van der Waals surface area contributed by atoms with Gasteiger partial charge in [0, 0.05) is 0 Å². The molecule has 0 saturated carbocycles. The molecule has 1 nitrogen and oxygen atoms in total. The van der Waals surface area contributed by atoms with Crippen molar-refractivity contribution in [2.75, 3.05) is 0 Å². The molecular formula is C27H29Cl2NTi-2. The van der Waals surface area contributed by atoms with Crippen LogP contribution in [0.3, 0.4) is 0 Å². The normalized spacial score (nSPS) is 12.1. The number of halogens is 2. The fraction of sp³-hybridized carbons (Fsp3) is 0.222. The van der Waals surface area contributed by atoms with Crippen molar-refractivity contribution in [1.82, 2.24) is 0 Å². The van der Waals surface area contributed by atoms with Crippen molar-refractivity contribution in [2.45, 2.75) is 41.0 Å². The van der Waals surface area contributed by atoms with Gasteiger partial charge in [-0.05, 0) is 41.0 Å². The molecule has 0 spiro atoms. The Hall–Kier alpha value is -1.64.